The van der Waals surface area contributed by atoms with Crippen LogP contribution in [0.5, 0.6) is 5.75 Å². The maximum absolute atomic E-state index is 5.20. The molecule has 0 aliphatic carbocycles. The average molecular weight is 314 g/mol. The lowest BCUT2D eigenvalue weighted by Gasteiger charge is -2.14. The molecule has 0 saturated heterocycles. The molecule has 5 nitrogen and oxygen atoms in total. The Balaban J connectivity index is 2.36. The number of ether oxygens (including phenoxy) is 1. The summed E-state index contributed by atoms with van der Waals surface area (Å²) in [5.41, 5.74) is 5.29. The number of nitrogens with zero attached hydrogens (tertiary/aromatic N) is 3. The number of hydrazone groups is 1. The Morgan fingerprint density at radius 2 is 1.91 bits per heavy atom. The first-order chi connectivity index (χ1) is 10.6. The van der Waals surface area contributed by atoms with Gasteiger partial charge in [-0.1, -0.05) is 6.07 Å². The first-order valence-corrected chi connectivity index (χ1v) is 7.13. The monoisotopic (exact) mass is 314 g/mol. The van der Waals surface area contributed by atoms with Crippen LogP contribution in [0.4, 0.5) is 0 Å². The topological polar surface area (TPSA) is 49.8 Å². The van der Waals surface area contributed by atoms with Gasteiger partial charge in [-0.15, -0.1) is 0 Å². The minimum absolute atomic E-state index is 0.530. The van der Waals surface area contributed by atoms with E-state index in [0.29, 0.717) is 10.8 Å². The Morgan fingerprint density at radius 3 is 2.45 bits per heavy atom. The molecule has 0 unspecified atom stereocenters. The van der Waals surface area contributed by atoms with Gasteiger partial charge < -0.3 is 9.64 Å². The number of hydrogen-bond acceptors (Lipinski definition) is 4. The summed E-state index contributed by atoms with van der Waals surface area (Å²) in [5.74, 6) is 0.792. The van der Waals surface area contributed by atoms with Crippen molar-refractivity contribution in [2.75, 3.05) is 21.2 Å². The molecular formula is C16H18N4OS. The highest BCUT2D eigenvalue weighted by Gasteiger charge is 2.09. The van der Waals surface area contributed by atoms with Crippen molar-refractivity contribution in [1.82, 2.24) is 15.3 Å². The quantitative estimate of drug-likeness (QED) is 0.533. The zero-order valence-corrected chi connectivity index (χ0v) is 13.6. The van der Waals surface area contributed by atoms with E-state index < -0.39 is 0 Å². The first-order valence-electron chi connectivity index (χ1n) is 6.72. The third kappa shape index (κ3) is 4.02. The summed E-state index contributed by atoms with van der Waals surface area (Å²) < 4.78 is 5.19. The molecule has 0 fully saturated rings. The molecule has 0 radical (unpaired) electrons. The smallest absolute Gasteiger partial charge is 0.189 e. The SMILES string of the molecule is COc1ccc(/C(=N\NC(=S)N(C)C)c2ccccn2)cc1. The molecule has 1 aromatic carbocycles. The van der Waals surface area contributed by atoms with Crippen LogP contribution in [0.2, 0.25) is 0 Å². The summed E-state index contributed by atoms with van der Waals surface area (Å²) in [6.07, 6.45) is 1.73. The van der Waals surface area contributed by atoms with Gasteiger partial charge >= 0.3 is 0 Å². The standard InChI is InChI=1S/C16H18N4OS/c1-20(2)16(22)19-18-15(14-6-4-5-11-17-14)12-7-9-13(21-3)10-8-12/h4-11H,1-3H3,(H,19,22)/b18-15+. The molecule has 0 aliphatic rings. The highest BCUT2D eigenvalue weighted by atomic mass is 32.1. The van der Waals surface area contributed by atoms with Gasteiger partial charge in [0.05, 0.1) is 12.8 Å². The molecule has 1 heterocycles. The van der Waals surface area contributed by atoms with Crippen LogP contribution < -0.4 is 10.2 Å². The molecule has 0 spiro atoms. The third-order valence-electron chi connectivity index (χ3n) is 2.94. The van der Waals surface area contributed by atoms with Crippen LogP contribution in [0.1, 0.15) is 11.3 Å². The number of aromatic nitrogens is 1. The Labute approximate surface area is 135 Å². The lowest BCUT2D eigenvalue weighted by molar-refractivity contribution is 0.415. The molecule has 1 N–H and O–H groups in total. The minimum atomic E-state index is 0.530. The largest absolute Gasteiger partial charge is 0.497 e. The van der Waals surface area contributed by atoms with E-state index in [9.17, 15) is 0 Å². The van der Waals surface area contributed by atoms with Crippen LogP contribution >= 0.6 is 12.2 Å². The van der Waals surface area contributed by atoms with Gasteiger partial charge in [0.1, 0.15) is 11.5 Å². The molecule has 0 atom stereocenters. The number of benzene rings is 1. The Hall–Kier alpha value is -2.47. The van der Waals surface area contributed by atoms with Crippen LogP contribution in [-0.4, -0.2) is 41.9 Å². The lowest BCUT2D eigenvalue weighted by Crippen LogP contribution is -2.31. The number of thiocarbonyl (C=S) groups is 1. The zero-order chi connectivity index (χ0) is 15.9. The van der Waals surface area contributed by atoms with Gasteiger partial charge in [-0.2, -0.15) is 5.10 Å². The predicted molar refractivity (Wildman–Crippen MR) is 92.3 cm³/mol. The normalized spacial score (nSPS) is 11.0. The van der Waals surface area contributed by atoms with E-state index in [1.807, 2.05) is 56.6 Å². The number of rotatable bonds is 4. The Kier molecular flexibility index (Phi) is 5.43. The second-order valence-corrected chi connectivity index (χ2v) is 5.10. The van der Waals surface area contributed by atoms with Crippen molar-refractivity contribution in [2.24, 2.45) is 5.10 Å². The van der Waals surface area contributed by atoms with Crippen molar-refractivity contribution in [2.45, 2.75) is 0 Å². The lowest BCUT2D eigenvalue weighted by atomic mass is 10.1. The Bertz CT molecular complexity index is 654. The van der Waals surface area contributed by atoms with Crippen LogP contribution in [-0.2, 0) is 0 Å². The summed E-state index contributed by atoms with van der Waals surface area (Å²) in [6.45, 7) is 0. The second-order valence-electron chi connectivity index (χ2n) is 4.72. The fourth-order valence-electron chi connectivity index (χ4n) is 1.73. The summed E-state index contributed by atoms with van der Waals surface area (Å²) in [5, 5.41) is 4.95. The fraction of sp³-hybridized carbons (Fsp3) is 0.188. The number of nitrogens with one attached hydrogen (secondary N) is 1. The van der Waals surface area contributed by atoms with Gasteiger partial charge in [-0.3, -0.25) is 10.4 Å². The van der Waals surface area contributed by atoms with Crippen LogP contribution in [0.3, 0.4) is 0 Å². The van der Waals surface area contributed by atoms with Gasteiger partial charge in [0.2, 0.25) is 0 Å². The molecule has 2 rings (SSSR count). The minimum Gasteiger partial charge on any atom is -0.497 e. The Morgan fingerprint density at radius 1 is 1.18 bits per heavy atom. The summed E-state index contributed by atoms with van der Waals surface area (Å²) >= 11 is 5.20. The molecule has 6 heteroatoms. The van der Waals surface area contributed by atoms with Crippen LogP contribution in [0, 0.1) is 0 Å². The van der Waals surface area contributed by atoms with Crippen molar-refractivity contribution in [1.29, 1.82) is 0 Å². The van der Waals surface area contributed by atoms with E-state index in [4.69, 9.17) is 17.0 Å². The van der Waals surface area contributed by atoms with Gasteiger partial charge in [0.25, 0.3) is 0 Å². The summed E-state index contributed by atoms with van der Waals surface area (Å²) in [4.78, 5) is 6.14. The van der Waals surface area contributed by atoms with Crippen LogP contribution in [0.15, 0.2) is 53.8 Å². The number of pyridine rings is 1. The molecule has 114 valence electrons. The van der Waals surface area contributed by atoms with E-state index >= 15 is 0 Å². The van der Waals surface area contributed by atoms with E-state index in [1.54, 1.807) is 18.2 Å². The van der Waals surface area contributed by atoms with E-state index in [1.165, 1.54) is 0 Å². The van der Waals surface area contributed by atoms with Crippen molar-refractivity contribution in [3.05, 3.63) is 59.9 Å². The number of hydrogen-bond donors (Lipinski definition) is 1. The van der Waals surface area contributed by atoms with Gasteiger partial charge in [-0.05, 0) is 48.6 Å². The van der Waals surface area contributed by atoms with Gasteiger partial charge in [0, 0.05) is 25.9 Å². The molecule has 22 heavy (non-hydrogen) atoms. The summed E-state index contributed by atoms with van der Waals surface area (Å²) in [7, 11) is 5.36. The van der Waals surface area contributed by atoms with E-state index in [2.05, 4.69) is 15.5 Å². The predicted octanol–water partition coefficient (Wildman–Crippen LogP) is 2.28. The third-order valence-corrected chi connectivity index (χ3v) is 3.40. The molecule has 0 aliphatic heterocycles. The summed E-state index contributed by atoms with van der Waals surface area (Å²) in [6, 6.07) is 13.3. The fourth-order valence-corrected chi connectivity index (χ4v) is 1.77. The molecular weight excluding hydrogens is 296 g/mol. The molecule has 2 aromatic rings. The van der Waals surface area contributed by atoms with Crippen molar-refractivity contribution in [3.8, 4) is 5.75 Å². The molecule has 0 bridgehead atoms. The zero-order valence-electron chi connectivity index (χ0n) is 12.8. The molecule has 0 amide bonds. The average Bonchev–Trinajstić information content (AvgIpc) is 2.56. The van der Waals surface area contributed by atoms with Gasteiger partial charge in [0.15, 0.2) is 5.11 Å². The maximum Gasteiger partial charge on any atom is 0.189 e. The molecule has 0 saturated carbocycles. The first kappa shape index (κ1) is 15.9. The van der Waals surface area contributed by atoms with Crippen LogP contribution in [0.25, 0.3) is 0 Å². The maximum atomic E-state index is 5.20. The van der Waals surface area contributed by atoms with E-state index in [0.717, 1.165) is 17.0 Å². The van der Waals surface area contributed by atoms with Crippen molar-refractivity contribution < 1.29 is 4.74 Å². The van der Waals surface area contributed by atoms with E-state index in [-0.39, 0.29) is 0 Å². The van der Waals surface area contributed by atoms with Gasteiger partial charge in [-0.25, -0.2) is 0 Å². The molecule has 1 aromatic heterocycles. The highest BCUT2D eigenvalue weighted by Crippen LogP contribution is 2.14. The van der Waals surface area contributed by atoms with Crippen molar-refractivity contribution in [3.63, 3.8) is 0 Å². The number of methoxy groups -OCH3 is 1. The second kappa shape index (κ2) is 7.51. The van der Waals surface area contributed by atoms with Crippen molar-refractivity contribution >= 4 is 23.0 Å². The highest BCUT2D eigenvalue weighted by molar-refractivity contribution is 7.80.